The van der Waals surface area contributed by atoms with Crippen molar-refractivity contribution in [3.05, 3.63) is 83.1 Å². The molecule has 2 aromatic carbocycles. The van der Waals surface area contributed by atoms with Gasteiger partial charge in [-0.2, -0.15) is 5.26 Å². The molecule has 33 heavy (non-hydrogen) atoms. The van der Waals surface area contributed by atoms with Gasteiger partial charge in [0.25, 0.3) is 5.91 Å². The number of carbonyl (C=O) groups is 1. The first-order chi connectivity index (χ1) is 16.2. The second-order valence-corrected chi connectivity index (χ2v) is 7.45. The van der Waals surface area contributed by atoms with E-state index in [2.05, 4.69) is 40.3 Å². The van der Waals surface area contributed by atoms with Gasteiger partial charge in [-0.05, 0) is 55.0 Å². The highest BCUT2D eigenvalue weighted by Gasteiger charge is 2.00. The predicted molar refractivity (Wildman–Crippen MR) is 128 cm³/mol. The zero-order chi connectivity index (χ0) is 23.7. The molecule has 6 nitrogen and oxygen atoms in total. The number of aryl methyl sites for hydroxylation is 1. The number of nitriles is 1. The highest BCUT2D eigenvalue weighted by molar-refractivity contribution is 5.94. The monoisotopic (exact) mass is 442 g/mol. The first-order valence-corrected chi connectivity index (χ1v) is 11.3. The van der Waals surface area contributed by atoms with Gasteiger partial charge < -0.3 is 9.73 Å². The van der Waals surface area contributed by atoms with Crippen molar-refractivity contribution in [3.8, 4) is 17.9 Å². The lowest BCUT2D eigenvalue weighted by Crippen LogP contribution is -2.17. The Labute approximate surface area is 196 Å². The van der Waals surface area contributed by atoms with E-state index in [0.717, 1.165) is 29.9 Å². The highest BCUT2D eigenvalue weighted by Crippen LogP contribution is 2.15. The molecule has 1 aliphatic carbocycles. The molecule has 1 saturated carbocycles. The number of aromatic nitrogens is 2. The second kappa shape index (κ2) is 15.0. The maximum Gasteiger partial charge on any atom is 0.251 e. The molecule has 1 N–H and O–H groups in total. The Balaban J connectivity index is 0.000000240. The van der Waals surface area contributed by atoms with Gasteiger partial charge in [-0.3, -0.25) is 4.79 Å². The summed E-state index contributed by atoms with van der Waals surface area (Å²) < 4.78 is 4.85. The van der Waals surface area contributed by atoms with E-state index in [1.165, 1.54) is 38.5 Å². The summed E-state index contributed by atoms with van der Waals surface area (Å²) in [6.45, 7) is 2.07. The first kappa shape index (κ1) is 25.4. The van der Waals surface area contributed by atoms with Gasteiger partial charge in [-0.15, -0.1) is 10.2 Å². The van der Waals surface area contributed by atoms with Crippen LogP contribution in [0.5, 0.6) is 0 Å². The molecule has 6 heteroatoms. The van der Waals surface area contributed by atoms with Gasteiger partial charge in [-0.1, -0.05) is 50.9 Å². The molecule has 0 bridgehead atoms. The standard InChI is InChI=1S/C17H12N2O.C5H8N2O.C5H10/c1-19-17(20)16-10-8-14(9-11-16)3-2-13-4-6-15(12-18)7-5-13;1-2-3-5-7-6-4-8-5;1-2-4-5-3-1/h4-11H,1H3,(H,19,20);4H,2-3H2,1H3;1-5H2. The lowest BCUT2D eigenvalue weighted by molar-refractivity contribution is 0.0963. The molecule has 0 atom stereocenters. The van der Waals surface area contributed by atoms with Gasteiger partial charge in [0, 0.05) is 30.2 Å². The molecular formula is C27H30N4O2. The molecule has 4 rings (SSSR count). The molecule has 1 aromatic heterocycles. The highest BCUT2D eigenvalue weighted by atomic mass is 16.4. The Morgan fingerprint density at radius 2 is 1.45 bits per heavy atom. The molecular weight excluding hydrogens is 412 g/mol. The Morgan fingerprint density at radius 3 is 1.88 bits per heavy atom. The van der Waals surface area contributed by atoms with Gasteiger partial charge in [-0.25, -0.2) is 0 Å². The summed E-state index contributed by atoms with van der Waals surface area (Å²) in [4.78, 5) is 11.4. The van der Waals surface area contributed by atoms with Gasteiger partial charge >= 0.3 is 0 Å². The second-order valence-electron chi connectivity index (χ2n) is 7.45. The van der Waals surface area contributed by atoms with Crippen molar-refractivity contribution in [1.82, 2.24) is 15.5 Å². The zero-order valence-corrected chi connectivity index (χ0v) is 19.3. The molecule has 0 spiro atoms. The number of rotatable bonds is 3. The molecule has 1 heterocycles. The maximum atomic E-state index is 11.4. The normalized spacial score (nSPS) is 11.4. The van der Waals surface area contributed by atoms with Crippen molar-refractivity contribution >= 4 is 5.91 Å². The molecule has 0 radical (unpaired) electrons. The maximum absolute atomic E-state index is 11.4. The SMILES string of the molecule is C1CCCC1.CCCc1nnco1.CNC(=O)c1ccc(C#Cc2ccc(C#N)cc2)cc1. The lowest BCUT2D eigenvalue weighted by Gasteiger charge is -1.98. The van der Waals surface area contributed by atoms with Crippen LogP contribution in [0.1, 0.15) is 78.4 Å². The number of nitrogens with zero attached hydrogens (tertiary/aromatic N) is 3. The van der Waals surface area contributed by atoms with Gasteiger partial charge in [0.2, 0.25) is 12.3 Å². The number of amides is 1. The van der Waals surface area contributed by atoms with Crippen molar-refractivity contribution in [2.75, 3.05) is 7.05 Å². The van der Waals surface area contributed by atoms with E-state index in [1.54, 1.807) is 43.4 Å². The molecule has 3 aromatic rings. The van der Waals surface area contributed by atoms with Crippen molar-refractivity contribution < 1.29 is 9.21 Å². The van der Waals surface area contributed by atoms with Crippen LogP contribution in [0, 0.1) is 23.2 Å². The Morgan fingerprint density at radius 1 is 0.939 bits per heavy atom. The number of hydrogen-bond acceptors (Lipinski definition) is 5. The van der Waals surface area contributed by atoms with Crippen LogP contribution in [0.2, 0.25) is 0 Å². The van der Waals surface area contributed by atoms with E-state index in [-0.39, 0.29) is 5.91 Å². The molecule has 0 saturated heterocycles. The van der Waals surface area contributed by atoms with Crippen molar-refractivity contribution in [2.45, 2.75) is 51.9 Å². The van der Waals surface area contributed by atoms with Crippen LogP contribution in [-0.2, 0) is 6.42 Å². The summed E-state index contributed by atoms with van der Waals surface area (Å²) in [6.07, 6.45) is 10.8. The van der Waals surface area contributed by atoms with Gasteiger partial charge in [0.1, 0.15) is 0 Å². The minimum Gasteiger partial charge on any atom is -0.428 e. The Kier molecular flexibility index (Phi) is 11.5. The summed E-state index contributed by atoms with van der Waals surface area (Å²) in [5, 5.41) is 18.5. The van der Waals surface area contributed by atoms with Gasteiger partial charge in [0.05, 0.1) is 11.6 Å². The molecule has 0 unspecified atom stereocenters. The van der Waals surface area contributed by atoms with Crippen LogP contribution < -0.4 is 5.32 Å². The molecule has 170 valence electrons. The average molecular weight is 443 g/mol. The largest absolute Gasteiger partial charge is 0.428 e. The smallest absolute Gasteiger partial charge is 0.251 e. The van der Waals surface area contributed by atoms with E-state index in [9.17, 15) is 4.79 Å². The zero-order valence-electron chi connectivity index (χ0n) is 19.3. The van der Waals surface area contributed by atoms with Crippen LogP contribution in [0.4, 0.5) is 0 Å². The van der Waals surface area contributed by atoms with E-state index >= 15 is 0 Å². The fraction of sp³-hybridized carbons (Fsp3) is 0.333. The fourth-order valence-corrected chi connectivity index (χ4v) is 3.02. The third-order valence-corrected chi connectivity index (χ3v) is 4.86. The van der Waals surface area contributed by atoms with Crippen LogP contribution in [0.25, 0.3) is 0 Å². The van der Waals surface area contributed by atoms with E-state index in [4.69, 9.17) is 9.68 Å². The third kappa shape index (κ3) is 9.84. The first-order valence-electron chi connectivity index (χ1n) is 11.3. The predicted octanol–water partition coefficient (Wildman–Crippen LogP) is 5.29. The molecule has 1 fully saturated rings. The summed E-state index contributed by atoms with van der Waals surface area (Å²) in [5.41, 5.74) is 2.91. The van der Waals surface area contributed by atoms with Gasteiger partial charge in [0.15, 0.2) is 0 Å². The van der Waals surface area contributed by atoms with Crippen LogP contribution in [0.3, 0.4) is 0 Å². The number of nitrogens with one attached hydrogen (secondary N) is 1. The quantitative estimate of drug-likeness (QED) is 0.557. The minimum atomic E-state index is -0.114. The summed E-state index contributed by atoms with van der Waals surface area (Å²) >= 11 is 0. The Hall–Kier alpha value is -3.90. The van der Waals surface area contributed by atoms with Crippen LogP contribution >= 0.6 is 0 Å². The average Bonchev–Trinajstić information content (AvgIpc) is 3.61. The van der Waals surface area contributed by atoms with Crippen LogP contribution in [0.15, 0.2) is 59.3 Å². The lowest BCUT2D eigenvalue weighted by atomic mass is 10.1. The molecule has 0 aliphatic heterocycles. The summed E-state index contributed by atoms with van der Waals surface area (Å²) in [6, 6.07) is 16.2. The molecule has 1 amide bonds. The number of carbonyl (C=O) groups excluding carboxylic acids is 1. The summed E-state index contributed by atoms with van der Waals surface area (Å²) in [7, 11) is 1.60. The van der Waals surface area contributed by atoms with E-state index in [0.29, 0.717) is 11.1 Å². The van der Waals surface area contributed by atoms with E-state index < -0.39 is 0 Å². The summed E-state index contributed by atoms with van der Waals surface area (Å²) in [5.74, 6) is 6.65. The van der Waals surface area contributed by atoms with Crippen molar-refractivity contribution in [2.24, 2.45) is 0 Å². The molecule has 1 aliphatic rings. The fourth-order valence-electron chi connectivity index (χ4n) is 3.02. The Bertz CT molecular complexity index is 1040. The van der Waals surface area contributed by atoms with E-state index in [1.807, 2.05) is 12.1 Å². The number of hydrogen-bond donors (Lipinski definition) is 1. The minimum absolute atomic E-state index is 0.114. The van der Waals surface area contributed by atoms with Crippen molar-refractivity contribution in [3.63, 3.8) is 0 Å². The number of benzene rings is 2. The topological polar surface area (TPSA) is 91.8 Å². The van der Waals surface area contributed by atoms with Crippen molar-refractivity contribution in [1.29, 1.82) is 5.26 Å². The third-order valence-electron chi connectivity index (χ3n) is 4.86. The van der Waals surface area contributed by atoms with Crippen LogP contribution in [-0.4, -0.2) is 23.2 Å².